The van der Waals surface area contributed by atoms with Crippen molar-refractivity contribution in [1.29, 1.82) is 0 Å². The van der Waals surface area contributed by atoms with Gasteiger partial charge in [0.25, 0.3) is 0 Å². The number of ether oxygens (including phenoxy) is 2. The molecule has 1 atom stereocenters. The van der Waals surface area contributed by atoms with Crippen molar-refractivity contribution in [3.63, 3.8) is 0 Å². The van der Waals surface area contributed by atoms with E-state index in [2.05, 4.69) is 9.97 Å². The van der Waals surface area contributed by atoms with Crippen LogP contribution in [-0.4, -0.2) is 42.8 Å². The second-order valence-corrected chi connectivity index (χ2v) is 10.5. The van der Waals surface area contributed by atoms with Crippen molar-refractivity contribution in [2.24, 2.45) is 5.92 Å². The number of benzene rings is 2. The zero-order valence-electron chi connectivity index (χ0n) is 20.7. The molecule has 0 radical (unpaired) electrons. The van der Waals surface area contributed by atoms with Gasteiger partial charge in [0.15, 0.2) is 11.2 Å². The van der Waals surface area contributed by atoms with Crippen molar-refractivity contribution >= 4 is 40.3 Å². The molecule has 5 rings (SSSR count). The Kier molecular flexibility index (Phi) is 7.15. The van der Waals surface area contributed by atoms with Gasteiger partial charge in [-0.05, 0) is 62.6 Å². The van der Waals surface area contributed by atoms with E-state index in [1.54, 1.807) is 35.8 Å². The summed E-state index contributed by atoms with van der Waals surface area (Å²) in [5, 5.41) is 9.82. The molecule has 198 valence electrons. The quantitative estimate of drug-likeness (QED) is 0.240. The molecular weight excluding hydrogens is 534 g/mol. The molecule has 1 N–H and O–H groups in total. The van der Waals surface area contributed by atoms with E-state index in [4.69, 9.17) is 42.8 Å². The monoisotopic (exact) mass is 558 g/mol. The van der Waals surface area contributed by atoms with Gasteiger partial charge in [-0.2, -0.15) is 4.98 Å². The Morgan fingerprint density at radius 2 is 2.00 bits per heavy atom. The van der Waals surface area contributed by atoms with Gasteiger partial charge >= 0.3 is 5.97 Å². The molecule has 11 heteroatoms. The predicted octanol–water partition coefficient (Wildman–Crippen LogP) is 6.41. The fourth-order valence-corrected chi connectivity index (χ4v) is 4.39. The van der Waals surface area contributed by atoms with Gasteiger partial charge in [0.05, 0.1) is 24.1 Å². The molecule has 1 aliphatic carbocycles. The highest BCUT2D eigenvalue weighted by Crippen LogP contribution is 2.41. The first-order valence-corrected chi connectivity index (χ1v) is 12.9. The minimum atomic E-state index is -0.876. The molecule has 1 saturated carbocycles. The summed E-state index contributed by atoms with van der Waals surface area (Å²) in [6.07, 6.45) is 3.59. The van der Waals surface area contributed by atoms with Crippen LogP contribution in [0.2, 0.25) is 10.0 Å². The topological polar surface area (TPSA) is 99.4 Å². The third-order valence-corrected chi connectivity index (χ3v) is 7.10. The Morgan fingerprint density at radius 3 is 2.71 bits per heavy atom. The lowest BCUT2D eigenvalue weighted by Gasteiger charge is -2.13. The zero-order valence-corrected chi connectivity index (χ0v) is 22.3. The van der Waals surface area contributed by atoms with E-state index in [0.29, 0.717) is 56.2 Å². The second kappa shape index (κ2) is 10.4. The number of rotatable bonds is 10. The normalized spacial score (nSPS) is 14.9. The van der Waals surface area contributed by atoms with Gasteiger partial charge in [0, 0.05) is 16.1 Å². The molecule has 2 aromatic carbocycles. The predicted molar refractivity (Wildman–Crippen MR) is 141 cm³/mol. The van der Waals surface area contributed by atoms with Crippen molar-refractivity contribution in [3.05, 3.63) is 64.2 Å². The third kappa shape index (κ3) is 5.54. The van der Waals surface area contributed by atoms with Crippen molar-refractivity contribution in [2.75, 3.05) is 6.61 Å². The van der Waals surface area contributed by atoms with Crippen LogP contribution in [0.4, 0.5) is 4.39 Å². The van der Waals surface area contributed by atoms with Gasteiger partial charge < -0.3 is 19.1 Å². The number of fused-ring (bicyclic) bond motifs is 1. The first-order chi connectivity index (χ1) is 18.1. The van der Waals surface area contributed by atoms with Crippen LogP contribution in [0.25, 0.3) is 22.6 Å². The number of halogens is 3. The highest BCUT2D eigenvalue weighted by atomic mass is 35.5. The second-order valence-electron chi connectivity index (χ2n) is 9.68. The fraction of sp³-hybridized carbons (Fsp3) is 0.333. The minimum absolute atomic E-state index is 0.0909. The first kappa shape index (κ1) is 26.2. The molecule has 0 bridgehead atoms. The number of carboxylic acids is 1. The molecule has 0 saturated heterocycles. The fourth-order valence-electron chi connectivity index (χ4n) is 3.94. The summed E-state index contributed by atoms with van der Waals surface area (Å²) in [6.45, 7) is 3.95. The summed E-state index contributed by atoms with van der Waals surface area (Å²) in [5.41, 5.74) is 1.54. The third-order valence-electron chi connectivity index (χ3n) is 6.55. The van der Waals surface area contributed by atoms with E-state index in [1.807, 2.05) is 6.92 Å². The van der Waals surface area contributed by atoms with E-state index in [1.165, 1.54) is 18.5 Å². The lowest BCUT2D eigenvalue weighted by Crippen LogP contribution is -2.13. The first-order valence-electron chi connectivity index (χ1n) is 12.1. The van der Waals surface area contributed by atoms with Crippen LogP contribution in [0.15, 0.2) is 42.7 Å². The molecule has 0 amide bonds. The molecule has 0 aliphatic heterocycles. The summed E-state index contributed by atoms with van der Waals surface area (Å²) < 4.78 is 28.3. The minimum Gasteiger partial charge on any atom is -0.494 e. The van der Waals surface area contributed by atoms with Crippen LogP contribution >= 0.6 is 23.2 Å². The smallest absolute Gasteiger partial charge is 0.306 e. The highest BCUT2D eigenvalue weighted by molar-refractivity contribution is 6.33. The summed E-state index contributed by atoms with van der Waals surface area (Å²) in [7, 11) is 0. The number of carboxylic acid groups (broad SMARTS) is 1. The van der Waals surface area contributed by atoms with Crippen LogP contribution in [-0.2, 0) is 11.3 Å². The van der Waals surface area contributed by atoms with Crippen molar-refractivity contribution < 1.29 is 23.8 Å². The maximum Gasteiger partial charge on any atom is 0.306 e. The Labute approximate surface area is 228 Å². The molecule has 38 heavy (non-hydrogen) atoms. The number of aliphatic carboxylic acids is 1. The number of aromatic nitrogens is 4. The maximum absolute atomic E-state index is 14.7. The molecule has 1 unspecified atom stereocenters. The number of carbonyl (C=O) groups is 1. The SMILES string of the molecule is CC(CCOc1ccc(-c2nc3c(OC4(C)CC4)ncnc3n2Cc2cc(Cl)ccc2F)c(Cl)c1)C(=O)O. The van der Waals surface area contributed by atoms with Gasteiger partial charge in [0.1, 0.15) is 29.3 Å². The zero-order chi connectivity index (χ0) is 27.0. The Hall–Kier alpha value is -3.43. The van der Waals surface area contributed by atoms with E-state index in [0.717, 1.165) is 12.8 Å². The average molecular weight is 559 g/mol. The molecule has 8 nitrogen and oxygen atoms in total. The lowest BCUT2D eigenvalue weighted by atomic mass is 10.1. The van der Waals surface area contributed by atoms with Gasteiger partial charge in [-0.1, -0.05) is 30.1 Å². The number of hydrogen-bond acceptors (Lipinski definition) is 6. The van der Waals surface area contributed by atoms with Gasteiger partial charge in [-0.25, -0.2) is 14.4 Å². The maximum atomic E-state index is 14.7. The van der Waals surface area contributed by atoms with Gasteiger partial charge in [0.2, 0.25) is 5.88 Å². The van der Waals surface area contributed by atoms with Crippen molar-refractivity contribution in [3.8, 4) is 23.0 Å². The van der Waals surface area contributed by atoms with Gasteiger partial charge in [-0.15, -0.1) is 0 Å². The summed E-state index contributed by atoms with van der Waals surface area (Å²) >= 11 is 12.8. The largest absolute Gasteiger partial charge is 0.494 e. The van der Waals surface area contributed by atoms with Crippen LogP contribution in [0.5, 0.6) is 11.6 Å². The summed E-state index contributed by atoms with van der Waals surface area (Å²) in [6, 6.07) is 9.49. The van der Waals surface area contributed by atoms with Crippen LogP contribution < -0.4 is 9.47 Å². The summed E-state index contributed by atoms with van der Waals surface area (Å²) in [4.78, 5) is 24.6. The van der Waals surface area contributed by atoms with E-state index < -0.39 is 17.7 Å². The lowest BCUT2D eigenvalue weighted by molar-refractivity contribution is -0.141. The van der Waals surface area contributed by atoms with Crippen LogP contribution in [0.3, 0.4) is 0 Å². The Morgan fingerprint density at radius 1 is 1.21 bits per heavy atom. The molecule has 2 heterocycles. The average Bonchev–Trinajstić information content (AvgIpc) is 3.49. The Bertz CT molecular complexity index is 1520. The number of nitrogens with zero attached hydrogens (tertiary/aromatic N) is 4. The van der Waals surface area contributed by atoms with E-state index in [-0.39, 0.29) is 18.8 Å². The highest BCUT2D eigenvalue weighted by Gasteiger charge is 2.41. The molecule has 1 fully saturated rings. The van der Waals surface area contributed by atoms with Crippen LogP contribution in [0.1, 0.15) is 38.7 Å². The standard InChI is InChI=1S/C27H25Cl2FN4O4/c1-15(26(35)36)7-10-37-18-4-5-19(20(29)12-18)23-33-22-24(31-14-32-25(22)38-27(2)8-9-27)34(23)13-16-11-17(28)3-6-21(16)30/h3-6,11-12,14-15H,7-10,13H2,1-2H3,(H,35,36). The van der Waals surface area contributed by atoms with E-state index >= 15 is 0 Å². The van der Waals surface area contributed by atoms with Crippen molar-refractivity contribution in [2.45, 2.75) is 45.3 Å². The van der Waals surface area contributed by atoms with Crippen LogP contribution in [0, 0.1) is 11.7 Å². The number of imidazole rings is 1. The van der Waals surface area contributed by atoms with E-state index in [9.17, 15) is 9.18 Å². The number of hydrogen-bond donors (Lipinski definition) is 1. The van der Waals surface area contributed by atoms with Crippen molar-refractivity contribution in [1.82, 2.24) is 19.5 Å². The Balaban J connectivity index is 1.54. The van der Waals surface area contributed by atoms with Gasteiger partial charge in [-0.3, -0.25) is 4.79 Å². The molecule has 0 spiro atoms. The molecule has 4 aromatic rings. The molecule has 2 aromatic heterocycles. The summed E-state index contributed by atoms with van der Waals surface area (Å²) in [5.74, 6) is -0.521. The molecular formula is C27H25Cl2FN4O4. The molecule has 1 aliphatic rings.